The average Bonchev–Trinajstić information content (AvgIpc) is 2.98. The highest BCUT2D eigenvalue weighted by molar-refractivity contribution is 6.38. The highest BCUT2D eigenvalue weighted by Crippen LogP contribution is 2.31. The van der Waals surface area contributed by atoms with Gasteiger partial charge < -0.3 is 19.3 Å². The molecule has 0 aromatic heterocycles. The molecule has 3 aliphatic rings. The summed E-state index contributed by atoms with van der Waals surface area (Å²) >= 11 is 0. The molecule has 0 aliphatic carbocycles. The van der Waals surface area contributed by atoms with E-state index < -0.39 is 17.6 Å². The molecule has 0 N–H and O–H groups in total. The number of rotatable bonds is 1. The zero-order valence-electron chi connectivity index (χ0n) is 12.7. The molecule has 0 aromatic rings. The Labute approximate surface area is 128 Å². The summed E-state index contributed by atoms with van der Waals surface area (Å²) in [7, 11) is 0. The van der Waals surface area contributed by atoms with Crippen molar-refractivity contribution in [2.45, 2.75) is 25.6 Å². The number of amides is 4. The first-order valence-electron chi connectivity index (χ1n) is 7.74. The standard InChI is InChI=1S/C14H21N3O5/c1-2-15-7-8-17(12(19)11(15)18)13(20)16-5-3-14(4-6-16)21-9-10-22-14/h2-10H2,1H3. The molecule has 3 rings (SSSR count). The SMILES string of the molecule is CCN1CCN(C(=O)N2CCC3(CC2)OCCO3)C(=O)C1=O. The first kappa shape index (κ1) is 15.2. The van der Waals surface area contributed by atoms with Crippen molar-refractivity contribution in [3.05, 3.63) is 0 Å². The van der Waals surface area contributed by atoms with Gasteiger partial charge in [0, 0.05) is 45.6 Å². The van der Waals surface area contributed by atoms with Crippen LogP contribution in [0.25, 0.3) is 0 Å². The van der Waals surface area contributed by atoms with Crippen molar-refractivity contribution in [1.29, 1.82) is 0 Å². The molecule has 3 saturated heterocycles. The number of hydrogen-bond acceptors (Lipinski definition) is 5. The van der Waals surface area contributed by atoms with Gasteiger partial charge in [0.1, 0.15) is 0 Å². The second-order valence-electron chi connectivity index (χ2n) is 5.72. The van der Waals surface area contributed by atoms with Gasteiger partial charge in [0.2, 0.25) is 0 Å². The van der Waals surface area contributed by atoms with Gasteiger partial charge in [0.15, 0.2) is 5.79 Å². The Bertz CT molecular complexity index is 479. The summed E-state index contributed by atoms with van der Waals surface area (Å²) in [5.74, 6) is -1.89. The van der Waals surface area contributed by atoms with Gasteiger partial charge in [-0.05, 0) is 6.92 Å². The van der Waals surface area contributed by atoms with Crippen LogP contribution in [0.5, 0.6) is 0 Å². The average molecular weight is 311 g/mol. The van der Waals surface area contributed by atoms with Gasteiger partial charge >= 0.3 is 17.8 Å². The summed E-state index contributed by atoms with van der Waals surface area (Å²) in [5, 5.41) is 0. The van der Waals surface area contributed by atoms with Crippen molar-refractivity contribution in [2.75, 3.05) is 45.9 Å². The topological polar surface area (TPSA) is 79.4 Å². The summed E-state index contributed by atoms with van der Waals surface area (Å²) in [4.78, 5) is 40.5. The third-order valence-electron chi connectivity index (χ3n) is 4.53. The summed E-state index contributed by atoms with van der Waals surface area (Å²) in [6, 6.07) is -0.387. The molecule has 8 heteroatoms. The van der Waals surface area contributed by atoms with Crippen molar-refractivity contribution in [2.24, 2.45) is 0 Å². The van der Waals surface area contributed by atoms with E-state index in [1.165, 1.54) is 4.90 Å². The lowest BCUT2D eigenvalue weighted by atomic mass is 10.0. The third kappa shape index (κ3) is 2.56. The molecule has 3 aliphatic heterocycles. The number of ether oxygens (including phenoxy) is 2. The number of nitrogens with zero attached hydrogens (tertiary/aromatic N) is 3. The summed E-state index contributed by atoms with van der Waals surface area (Å²) in [5.41, 5.74) is 0. The summed E-state index contributed by atoms with van der Waals surface area (Å²) in [6.07, 6.45) is 1.19. The highest BCUT2D eigenvalue weighted by Gasteiger charge is 2.43. The van der Waals surface area contributed by atoms with Crippen LogP contribution in [0, 0.1) is 0 Å². The van der Waals surface area contributed by atoms with Crippen LogP contribution in [0.4, 0.5) is 4.79 Å². The Balaban J connectivity index is 1.60. The van der Waals surface area contributed by atoms with Crippen LogP contribution >= 0.6 is 0 Å². The predicted octanol–water partition coefficient (Wildman–Crippen LogP) is -0.364. The number of piperidine rings is 1. The molecule has 4 amide bonds. The van der Waals surface area contributed by atoms with E-state index in [4.69, 9.17) is 9.47 Å². The van der Waals surface area contributed by atoms with Gasteiger partial charge in [-0.2, -0.15) is 0 Å². The molecular weight excluding hydrogens is 290 g/mol. The molecule has 0 atom stereocenters. The fraction of sp³-hybridized carbons (Fsp3) is 0.786. The molecule has 3 fully saturated rings. The minimum absolute atomic E-state index is 0.256. The van der Waals surface area contributed by atoms with Crippen LogP contribution < -0.4 is 0 Å². The smallest absolute Gasteiger partial charge is 0.327 e. The maximum atomic E-state index is 12.5. The molecule has 8 nitrogen and oxygen atoms in total. The molecule has 0 bridgehead atoms. The van der Waals surface area contributed by atoms with Gasteiger partial charge in [-0.15, -0.1) is 0 Å². The molecule has 0 unspecified atom stereocenters. The van der Waals surface area contributed by atoms with Crippen LogP contribution in [0.15, 0.2) is 0 Å². The maximum Gasteiger partial charge on any atom is 0.327 e. The fourth-order valence-corrected chi connectivity index (χ4v) is 3.15. The molecule has 122 valence electrons. The van der Waals surface area contributed by atoms with Gasteiger partial charge in [-0.3, -0.25) is 14.5 Å². The molecular formula is C14H21N3O5. The van der Waals surface area contributed by atoms with E-state index in [1.54, 1.807) is 4.90 Å². The largest absolute Gasteiger partial charge is 0.347 e. The zero-order valence-corrected chi connectivity index (χ0v) is 12.7. The van der Waals surface area contributed by atoms with Gasteiger partial charge in [-0.25, -0.2) is 4.79 Å². The monoisotopic (exact) mass is 311 g/mol. The van der Waals surface area contributed by atoms with Gasteiger partial charge in [0.25, 0.3) is 0 Å². The Morgan fingerprint density at radius 1 is 1.05 bits per heavy atom. The van der Waals surface area contributed by atoms with E-state index >= 15 is 0 Å². The lowest BCUT2D eigenvalue weighted by Gasteiger charge is -2.40. The first-order chi connectivity index (χ1) is 10.6. The predicted molar refractivity (Wildman–Crippen MR) is 74.8 cm³/mol. The number of piperazine rings is 1. The lowest BCUT2D eigenvalue weighted by Crippen LogP contribution is -2.60. The normalized spacial score (nSPS) is 25.2. The van der Waals surface area contributed by atoms with Gasteiger partial charge in [0.05, 0.1) is 13.2 Å². The summed E-state index contributed by atoms with van der Waals surface area (Å²) < 4.78 is 11.2. The van der Waals surface area contributed by atoms with E-state index in [-0.39, 0.29) is 12.6 Å². The molecule has 0 saturated carbocycles. The van der Waals surface area contributed by atoms with E-state index in [9.17, 15) is 14.4 Å². The lowest BCUT2D eigenvalue weighted by molar-refractivity contribution is -0.182. The van der Waals surface area contributed by atoms with Gasteiger partial charge in [-0.1, -0.05) is 0 Å². The molecule has 22 heavy (non-hydrogen) atoms. The Kier molecular flexibility index (Phi) is 4.05. The zero-order chi connectivity index (χ0) is 15.7. The summed E-state index contributed by atoms with van der Waals surface area (Å²) in [6.45, 7) is 5.05. The number of carbonyl (C=O) groups is 3. The van der Waals surface area contributed by atoms with Crippen LogP contribution in [-0.4, -0.2) is 84.3 Å². The van der Waals surface area contributed by atoms with Crippen molar-refractivity contribution in [3.8, 4) is 0 Å². The number of hydrogen-bond donors (Lipinski definition) is 0. The Morgan fingerprint density at radius 2 is 1.68 bits per heavy atom. The Hall–Kier alpha value is -1.67. The molecule has 1 spiro atoms. The number of carbonyl (C=O) groups excluding carboxylic acids is 3. The van der Waals surface area contributed by atoms with E-state index in [1.807, 2.05) is 6.92 Å². The molecule has 0 aromatic carbocycles. The van der Waals surface area contributed by atoms with Crippen LogP contribution in [-0.2, 0) is 19.1 Å². The number of imide groups is 1. The second kappa shape index (κ2) is 5.85. The van der Waals surface area contributed by atoms with Crippen molar-refractivity contribution in [3.63, 3.8) is 0 Å². The molecule has 3 heterocycles. The van der Waals surface area contributed by atoms with E-state index in [0.29, 0.717) is 52.2 Å². The number of urea groups is 1. The second-order valence-corrected chi connectivity index (χ2v) is 5.72. The first-order valence-corrected chi connectivity index (χ1v) is 7.74. The molecule has 0 radical (unpaired) electrons. The minimum atomic E-state index is -0.730. The van der Waals surface area contributed by atoms with Crippen molar-refractivity contribution < 1.29 is 23.9 Å². The minimum Gasteiger partial charge on any atom is -0.347 e. The fourth-order valence-electron chi connectivity index (χ4n) is 3.15. The van der Waals surface area contributed by atoms with Crippen molar-refractivity contribution in [1.82, 2.24) is 14.7 Å². The number of likely N-dealkylation sites (tertiary alicyclic amines) is 1. The number of likely N-dealkylation sites (N-methyl/N-ethyl adjacent to an activating group) is 1. The van der Waals surface area contributed by atoms with Crippen LogP contribution in [0.1, 0.15) is 19.8 Å². The van der Waals surface area contributed by atoms with E-state index in [2.05, 4.69) is 0 Å². The van der Waals surface area contributed by atoms with E-state index in [0.717, 1.165) is 4.90 Å². The van der Waals surface area contributed by atoms with Crippen LogP contribution in [0.3, 0.4) is 0 Å². The maximum absolute atomic E-state index is 12.5. The quantitative estimate of drug-likeness (QED) is 0.618. The third-order valence-corrected chi connectivity index (χ3v) is 4.53. The highest BCUT2D eigenvalue weighted by atomic mass is 16.7. The van der Waals surface area contributed by atoms with Crippen LogP contribution in [0.2, 0.25) is 0 Å². The Morgan fingerprint density at radius 3 is 2.27 bits per heavy atom. The van der Waals surface area contributed by atoms with Crippen molar-refractivity contribution >= 4 is 17.8 Å².